The zero-order valence-electron chi connectivity index (χ0n) is 10.6. The highest BCUT2D eigenvalue weighted by atomic mass is 35.5. The maximum atomic E-state index is 11.8. The SMILES string of the molecule is CC1CC(NC(=O)CCc2cccs2)CCN1.Cl. The van der Waals surface area contributed by atoms with E-state index in [2.05, 4.69) is 29.0 Å². The van der Waals surface area contributed by atoms with Crippen molar-refractivity contribution in [2.75, 3.05) is 6.54 Å². The molecule has 0 aromatic carbocycles. The summed E-state index contributed by atoms with van der Waals surface area (Å²) in [6, 6.07) is 5.00. The van der Waals surface area contributed by atoms with Crippen molar-refractivity contribution in [3.63, 3.8) is 0 Å². The molecule has 2 heterocycles. The molecule has 0 spiro atoms. The Morgan fingerprint density at radius 3 is 3.11 bits per heavy atom. The molecule has 2 atom stereocenters. The number of nitrogens with one attached hydrogen (secondary N) is 2. The number of piperidine rings is 1. The summed E-state index contributed by atoms with van der Waals surface area (Å²) in [5, 5.41) is 8.58. The summed E-state index contributed by atoms with van der Waals surface area (Å²) in [4.78, 5) is 13.1. The molecule has 2 rings (SSSR count). The first-order valence-electron chi connectivity index (χ1n) is 6.29. The number of thiophene rings is 1. The van der Waals surface area contributed by atoms with Gasteiger partial charge in [0.05, 0.1) is 0 Å². The third kappa shape index (κ3) is 4.96. The van der Waals surface area contributed by atoms with Gasteiger partial charge in [-0.1, -0.05) is 6.07 Å². The highest BCUT2D eigenvalue weighted by molar-refractivity contribution is 7.09. The van der Waals surface area contributed by atoms with Gasteiger partial charge >= 0.3 is 0 Å². The fourth-order valence-corrected chi connectivity index (χ4v) is 2.96. The van der Waals surface area contributed by atoms with E-state index < -0.39 is 0 Å². The molecule has 1 aliphatic rings. The topological polar surface area (TPSA) is 41.1 Å². The number of amides is 1. The molecule has 1 aliphatic heterocycles. The van der Waals surface area contributed by atoms with E-state index in [1.54, 1.807) is 11.3 Å². The van der Waals surface area contributed by atoms with Gasteiger partial charge in [-0.05, 0) is 44.2 Å². The van der Waals surface area contributed by atoms with E-state index in [1.165, 1.54) is 4.88 Å². The van der Waals surface area contributed by atoms with E-state index in [0.717, 1.165) is 25.8 Å². The highest BCUT2D eigenvalue weighted by Crippen LogP contribution is 2.12. The largest absolute Gasteiger partial charge is 0.353 e. The van der Waals surface area contributed by atoms with Crippen LogP contribution in [0.25, 0.3) is 0 Å². The maximum absolute atomic E-state index is 11.8. The molecular formula is C13H21ClN2OS. The zero-order chi connectivity index (χ0) is 12.1. The van der Waals surface area contributed by atoms with Gasteiger partial charge in [-0.2, -0.15) is 0 Å². The summed E-state index contributed by atoms with van der Waals surface area (Å²) in [5.41, 5.74) is 0. The first kappa shape index (κ1) is 15.5. The zero-order valence-corrected chi connectivity index (χ0v) is 12.3. The van der Waals surface area contributed by atoms with E-state index in [1.807, 2.05) is 6.07 Å². The Balaban J connectivity index is 0.00000162. The number of rotatable bonds is 4. The summed E-state index contributed by atoms with van der Waals surface area (Å²) in [6.07, 6.45) is 3.57. The van der Waals surface area contributed by atoms with Gasteiger partial charge in [0, 0.05) is 23.4 Å². The number of aryl methyl sites for hydroxylation is 1. The third-order valence-corrected chi connectivity index (χ3v) is 4.10. The predicted octanol–water partition coefficient (Wildman–Crippen LogP) is 2.36. The first-order valence-corrected chi connectivity index (χ1v) is 7.17. The Morgan fingerprint density at radius 1 is 1.61 bits per heavy atom. The average Bonchev–Trinajstić information content (AvgIpc) is 2.79. The second-order valence-electron chi connectivity index (χ2n) is 4.72. The molecule has 1 aromatic heterocycles. The molecule has 0 radical (unpaired) electrons. The minimum atomic E-state index is 0. The molecular weight excluding hydrogens is 268 g/mol. The number of carbonyl (C=O) groups is 1. The van der Waals surface area contributed by atoms with Gasteiger partial charge in [-0.25, -0.2) is 0 Å². The van der Waals surface area contributed by atoms with E-state index in [0.29, 0.717) is 18.5 Å². The lowest BCUT2D eigenvalue weighted by atomic mass is 10.0. The Morgan fingerprint density at radius 2 is 2.44 bits per heavy atom. The molecule has 0 saturated carbocycles. The lowest BCUT2D eigenvalue weighted by Crippen LogP contribution is -2.46. The number of halogens is 1. The van der Waals surface area contributed by atoms with Crippen molar-refractivity contribution in [2.24, 2.45) is 0 Å². The predicted molar refractivity (Wildman–Crippen MR) is 78.5 cm³/mol. The van der Waals surface area contributed by atoms with Crippen LogP contribution in [0.3, 0.4) is 0 Å². The van der Waals surface area contributed by atoms with Crippen molar-refractivity contribution >= 4 is 29.7 Å². The van der Waals surface area contributed by atoms with Crippen LogP contribution in [0.2, 0.25) is 0 Å². The van der Waals surface area contributed by atoms with Crippen molar-refractivity contribution in [2.45, 2.75) is 44.7 Å². The van der Waals surface area contributed by atoms with Crippen LogP contribution in [0.1, 0.15) is 31.1 Å². The monoisotopic (exact) mass is 288 g/mol. The van der Waals surface area contributed by atoms with Crippen LogP contribution in [0, 0.1) is 0 Å². The van der Waals surface area contributed by atoms with Gasteiger partial charge in [0.2, 0.25) is 5.91 Å². The third-order valence-electron chi connectivity index (χ3n) is 3.17. The van der Waals surface area contributed by atoms with E-state index in [9.17, 15) is 4.79 Å². The van der Waals surface area contributed by atoms with Gasteiger partial charge in [0.1, 0.15) is 0 Å². The van der Waals surface area contributed by atoms with Crippen molar-refractivity contribution in [3.8, 4) is 0 Å². The lowest BCUT2D eigenvalue weighted by molar-refractivity contribution is -0.121. The van der Waals surface area contributed by atoms with Crippen LogP contribution in [0.5, 0.6) is 0 Å². The van der Waals surface area contributed by atoms with Crippen molar-refractivity contribution in [1.29, 1.82) is 0 Å². The molecule has 1 fully saturated rings. The summed E-state index contributed by atoms with van der Waals surface area (Å²) >= 11 is 1.72. The Hall–Kier alpha value is -0.580. The molecule has 2 unspecified atom stereocenters. The van der Waals surface area contributed by atoms with Gasteiger partial charge in [-0.3, -0.25) is 4.79 Å². The normalized spacial score (nSPS) is 23.2. The van der Waals surface area contributed by atoms with Crippen molar-refractivity contribution in [3.05, 3.63) is 22.4 Å². The van der Waals surface area contributed by atoms with Gasteiger partial charge < -0.3 is 10.6 Å². The van der Waals surface area contributed by atoms with Crippen LogP contribution >= 0.6 is 23.7 Å². The van der Waals surface area contributed by atoms with Gasteiger partial charge in [0.15, 0.2) is 0 Å². The number of carbonyl (C=O) groups excluding carboxylic acids is 1. The van der Waals surface area contributed by atoms with E-state index in [4.69, 9.17) is 0 Å². The highest BCUT2D eigenvalue weighted by Gasteiger charge is 2.19. The average molecular weight is 289 g/mol. The number of hydrogen-bond acceptors (Lipinski definition) is 3. The second kappa shape index (κ2) is 7.77. The molecule has 0 bridgehead atoms. The molecule has 1 aromatic rings. The van der Waals surface area contributed by atoms with Crippen molar-refractivity contribution in [1.82, 2.24) is 10.6 Å². The van der Waals surface area contributed by atoms with Crippen molar-refractivity contribution < 1.29 is 4.79 Å². The minimum absolute atomic E-state index is 0. The summed E-state index contributed by atoms with van der Waals surface area (Å²) in [7, 11) is 0. The van der Waals surface area contributed by atoms with Crippen LogP contribution < -0.4 is 10.6 Å². The van der Waals surface area contributed by atoms with Crippen LogP contribution in [-0.4, -0.2) is 24.5 Å². The van der Waals surface area contributed by atoms with Crippen LogP contribution in [0.15, 0.2) is 17.5 Å². The van der Waals surface area contributed by atoms with E-state index >= 15 is 0 Å². The summed E-state index contributed by atoms with van der Waals surface area (Å²) in [6.45, 7) is 3.18. The fraction of sp³-hybridized carbons (Fsp3) is 0.615. The standard InChI is InChI=1S/C13H20N2OS.ClH/c1-10-9-11(6-7-14-10)15-13(16)5-4-12-3-2-8-17-12;/h2-3,8,10-11,14H,4-7,9H2,1H3,(H,15,16);1H. The van der Waals surface area contributed by atoms with Crippen LogP contribution in [0.4, 0.5) is 0 Å². The molecule has 2 N–H and O–H groups in total. The molecule has 3 nitrogen and oxygen atoms in total. The van der Waals surface area contributed by atoms with Crippen LogP contribution in [-0.2, 0) is 11.2 Å². The smallest absolute Gasteiger partial charge is 0.220 e. The lowest BCUT2D eigenvalue weighted by Gasteiger charge is -2.28. The Labute approximate surface area is 119 Å². The molecule has 1 amide bonds. The summed E-state index contributed by atoms with van der Waals surface area (Å²) < 4.78 is 0. The maximum Gasteiger partial charge on any atom is 0.220 e. The molecule has 102 valence electrons. The minimum Gasteiger partial charge on any atom is -0.353 e. The molecule has 0 aliphatic carbocycles. The van der Waals surface area contributed by atoms with Gasteiger partial charge in [-0.15, -0.1) is 23.7 Å². The first-order chi connectivity index (χ1) is 8.24. The Bertz CT molecular complexity index is 356. The Kier molecular flexibility index (Phi) is 6.68. The number of hydrogen-bond donors (Lipinski definition) is 2. The molecule has 18 heavy (non-hydrogen) atoms. The quantitative estimate of drug-likeness (QED) is 0.893. The van der Waals surface area contributed by atoms with E-state index in [-0.39, 0.29) is 18.3 Å². The van der Waals surface area contributed by atoms with Gasteiger partial charge in [0.25, 0.3) is 0 Å². The second-order valence-corrected chi connectivity index (χ2v) is 5.76. The fourth-order valence-electron chi connectivity index (χ4n) is 2.25. The molecule has 5 heteroatoms. The summed E-state index contributed by atoms with van der Waals surface area (Å²) in [5.74, 6) is 0.192. The molecule has 1 saturated heterocycles.